The van der Waals surface area contributed by atoms with Crippen molar-refractivity contribution in [3.8, 4) is 0 Å². The predicted molar refractivity (Wildman–Crippen MR) is 61.6 cm³/mol. The minimum Gasteiger partial charge on any atom is -1.00 e. The van der Waals surface area contributed by atoms with Crippen LogP contribution in [0, 0.1) is 0 Å². The van der Waals surface area contributed by atoms with Gasteiger partial charge in [0, 0.05) is 0 Å². The normalized spacial score (nSPS) is 8.40. The highest BCUT2D eigenvalue weighted by molar-refractivity contribution is 5.47. The molecule has 4 heteroatoms. The van der Waals surface area contributed by atoms with Crippen molar-refractivity contribution >= 4 is 6.41 Å². The molecule has 0 aliphatic carbocycles. The van der Waals surface area contributed by atoms with Crippen LogP contribution in [0.3, 0.4) is 0 Å². The van der Waals surface area contributed by atoms with Crippen LogP contribution in [0.5, 0.6) is 0 Å². The van der Waals surface area contributed by atoms with Crippen molar-refractivity contribution in [3.05, 3.63) is 38.1 Å². The summed E-state index contributed by atoms with van der Waals surface area (Å²) in [5, 5.41) is 2.19. The van der Waals surface area contributed by atoms with Gasteiger partial charge in [-0.3, -0.25) is 4.79 Å². The van der Waals surface area contributed by atoms with Gasteiger partial charge in [-0.15, -0.1) is 0 Å². The Labute approximate surface area is 99.2 Å². The van der Waals surface area contributed by atoms with Crippen molar-refractivity contribution in [1.29, 1.82) is 0 Å². The molecule has 0 spiro atoms. The Morgan fingerprint density at radius 2 is 1.53 bits per heavy atom. The summed E-state index contributed by atoms with van der Waals surface area (Å²) < 4.78 is 0.951. The van der Waals surface area contributed by atoms with E-state index in [1.807, 2.05) is 12.2 Å². The monoisotopic (exact) mass is 232 g/mol. The molecule has 0 aromatic rings. The fourth-order valence-corrected chi connectivity index (χ4v) is 0.822. The maximum atomic E-state index is 9.22. The molecule has 0 aromatic heterocycles. The Bertz CT molecular complexity index is 173. The smallest absolute Gasteiger partial charge is 0.211 e. The van der Waals surface area contributed by atoms with Gasteiger partial charge in [0.05, 0.1) is 27.2 Å². The van der Waals surface area contributed by atoms with Gasteiger partial charge in [-0.05, 0) is 18.4 Å². The highest BCUT2D eigenvalue weighted by atomic mass is 35.5. The molecule has 0 aliphatic heterocycles. The lowest BCUT2D eigenvalue weighted by Crippen LogP contribution is -3.00. The Hall–Kier alpha value is -1.06. The highest BCUT2D eigenvalue weighted by Crippen LogP contribution is 1.95. The minimum absolute atomic E-state index is 0. The lowest BCUT2D eigenvalue weighted by atomic mass is 10.4. The Balaban J connectivity index is -0.000000208. The van der Waals surface area contributed by atoms with Crippen LogP contribution in [0.1, 0.15) is 0 Å². The molecule has 0 unspecified atom stereocenters. The second kappa shape index (κ2) is 12.9. The molecule has 88 valence electrons. The molecular formula is C11H21ClN2O. The number of rotatable bonds is 6. The van der Waals surface area contributed by atoms with Gasteiger partial charge < -0.3 is 22.2 Å². The van der Waals surface area contributed by atoms with E-state index < -0.39 is 0 Å². The largest absolute Gasteiger partial charge is 1.00 e. The first-order chi connectivity index (χ1) is 6.54. The van der Waals surface area contributed by atoms with Gasteiger partial charge in [-0.1, -0.05) is 19.7 Å². The Kier molecular flexibility index (Phi) is 16.8. The number of carbonyl (C=O) groups excluding carboxylic acids is 1. The summed E-state index contributed by atoms with van der Waals surface area (Å²) in [6.07, 6.45) is 5.74. The van der Waals surface area contributed by atoms with E-state index in [0.717, 1.165) is 17.6 Å². The van der Waals surface area contributed by atoms with Crippen molar-refractivity contribution < 1.29 is 21.7 Å². The SMILES string of the molecule is C=CC[N+](C)(C)CC=C.C=CNC=O.[Cl-]. The number of carbonyl (C=O) groups is 1. The maximum absolute atomic E-state index is 9.22. The summed E-state index contributed by atoms with van der Waals surface area (Å²) in [5.74, 6) is 0. The zero-order valence-electron chi connectivity index (χ0n) is 9.58. The summed E-state index contributed by atoms with van der Waals surface area (Å²) in [6.45, 7) is 12.6. The molecule has 0 aromatic carbocycles. The molecule has 3 nitrogen and oxygen atoms in total. The summed E-state index contributed by atoms with van der Waals surface area (Å²) in [4.78, 5) is 9.22. The van der Waals surface area contributed by atoms with Gasteiger partial charge >= 0.3 is 0 Å². The third kappa shape index (κ3) is 19.4. The fourth-order valence-electron chi connectivity index (χ4n) is 0.822. The van der Waals surface area contributed by atoms with Crippen LogP contribution in [-0.4, -0.2) is 38.1 Å². The molecule has 0 saturated heterocycles. The van der Waals surface area contributed by atoms with E-state index in [2.05, 4.69) is 39.1 Å². The standard InChI is InChI=1S/C8H16N.C3H5NO.ClH/c1-5-7-9(3,4)8-6-2;1-2-4-3-5;/h5-6H,1-2,7-8H2,3-4H3;2-3H,1H2,(H,4,5);1H/q+1;;/p-1. The fraction of sp³-hybridized carbons (Fsp3) is 0.364. The van der Waals surface area contributed by atoms with Crippen LogP contribution >= 0.6 is 0 Å². The third-order valence-electron chi connectivity index (χ3n) is 1.43. The Morgan fingerprint density at radius 1 is 1.13 bits per heavy atom. The minimum atomic E-state index is 0. The van der Waals surface area contributed by atoms with Crippen LogP contribution in [0.2, 0.25) is 0 Å². The lowest BCUT2D eigenvalue weighted by Gasteiger charge is -2.26. The molecule has 1 amide bonds. The number of hydrogen-bond acceptors (Lipinski definition) is 1. The molecule has 0 heterocycles. The maximum Gasteiger partial charge on any atom is 0.211 e. The van der Waals surface area contributed by atoms with E-state index in [4.69, 9.17) is 0 Å². The predicted octanol–water partition coefficient (Wildman–Crippen LogP) is -1.69. The summed E-state index contributed by atoms with van der Waals surface area (Å²) in [6, 6.07) is 0. The molecule has 0 saturated carbocycles. The number of quaternary nitrogens is 1. The number of hydrogen-bond donors (Lipinski definition) is 1. The molecule has 0 fully saturated rings. The molecule has 1 N–H and O–H groups in total. The van der Waals surface area contributed by atoms with Gasteiger partial charge in [0.15, 0.2) is 0 Å². The summed E-state index contributed by atoms with van der Waals surface area (Å²) in [5.41, 5.74) is 0. The topological polar surface area (TPSA) is 29.1 Å². The van der Waals surface area contributed by atoms with Crippen molar-refractivity contribution in [2.45, 2.75) is 0 Å². The van der Waals surface area contributed by atoms with Crippen LogP contribution < -0.4 is 17.7 Å². The number of likely N-dealkylation sites (N-methyl/N-ethyl adjacent to an activating group) is 1. The Morgan fingerprint density at radius 3 is 1.67 bits per heavy atom. The van der Waals surface area contributed by atoms with Gasteiger partial charge in [-0.25, -0.2) is 0 Å². The van der Waals surface area contributed by atoms with E-state index >= 15 is 0 Å². The van der Waals surface area contributed by atoms with E-state index in [9.17, 15) is 4.79 Å². The van der Waals surface area contributed by atoms with E-state index in [1.54, 1.807) is 0 Å². The van der Waals surface area contributed by atoms with Crippen LogP contribution in [0.25, 0.3) is 0 Å². The molecule has 0 bridgehead atoms. The first-order valence-electron chi connectivity index (χ1n) is 4.38. The molecular weight excluding hydrogens is 212 g/mol. The number of amides is 1. The molecule has 0 atom stereocenters. The van der Waals surface area contributed by atoms with Crippen LogP contribution in [0.4, 0.5) is 0 Å². The highest BCUT2D eigenvalue weighted by Gasteiger charge is 2.07. The molecule has 0 radical (unpaired) electrons. The zero-order valence-corrected chi connectivity index (χ0v) is 10.3. The molecule has 15 heavy (non-hydrogen) atoms. The van der Waals surface area contributed by atoms with Gasteiger partial charge in [0.25, 0.3) is 0 Å². The summed E-state index contributed by atoms with van der Waals surface area (Å²) >= 11 is 0. The van der Waals surface area contributed by atoms with E-state index in [-0.39, 0.29) is 12.4 Å². The van der Waals surface area contributed by atoms with Crippen molar-refractivity contribution in [2.24, 2.45) is 0 Å². The number of nitrogens with zero attached hydrogens (tertiary/aromatic N) is 1. The first-order valence-corrected chi connectivity index (χ1v) is 4.38. The zero-order chi connectivity index (χ0) is 11.4. The number of nitrogens with one attached hydrogen (secondary N) is 1. The average Bonchev–Trinajstić information content (AvgIpc) is 2.06. The lowest BCUT2D eigenvalue weighted by molar-refractivity contribution is -0.878. The van der Waals surface area contributed by atoms with Crippen LogP contribution in [0.15, 0.2) is 38.1 Å². The number of halogens is 1. The second-order valence-corrected chi connectivity index (χ2v) is 3.37. The van der Waals surface area contributed by atoms with E-state index in [1.165, 1.54) is 6.20 Å². The van der Waals surface area contributed by atoms with Gasteiger partial charge in [0.2, 0.25) is 6.41 Å². The average molecular weight is 233 g/mol. The molecule has 0 rings (SSSR count). The second-order valence-electron chi connectivity index (χ2n) is 3.37. The first kappa shape index (κ1) is 19.5. The van der Waals surface area contributed by atoms with Gasteiger partial charge in [0.1, 0.15) is 0 Å². The van der Waals surface area contributed by atoms with Gasteiger partial charge in [-0.2, -0.15) is 0 Å². The molecule has 0 aliphatic rings. The van der Waals surface area contributed by atoms with E-state index in [0.29, 0.717) is 6.41 Å². The van der Waals surface area contributed by atoms with Crippen molar-refractivity contribution in [1.82, 2.24) is 5.32 Å². The quantitative estimate of drug-likeness (QED) is 0.331. The van der Waals surface area contributed by atoms with Crippen molar-refractivity contribution in [2.75, 3.05) is 27.2 Å². The third-order valence-corrected chi connectivity index (χ3v) is 1.43. The van der Waals surface area contributed by atoms with Crippen molar-refractivity contribution in [3.63, 3.8) is 0 Å². The summed E-state index contributed by atoms with van der Waals surface area (Å²) in [7, 11) is 4.31. The van der Waals surface area contributed by atoms with Crippen LogP contribution in [-0.2, 0) is 4.79 Å².